The molecule has 0 saturated carbocycles. The van der Waals surface area contributed by atoms with Crippen LogP contribution in [0.3, 0.4) is 0 Å². The first-order valence-corrected chi connectivity index (χ1v) is 26.7. The van der Waals surface area contributed by atoms with Crippen molar-refractivity contribution in [3.05, 3.63) is 35.9 Å². The van der Waals surface area contributed by atoms with E-state index in [1.54, 1.807) is 44.2 Å². The molecule has 1 fully saturated rings. The van der Waals surface area contributed by atoms with E-state index in [2.05, 4.69) is 53.2 Å². The maximum Gasteiger partial charge on any atom is 0.305 e. The second-order valence-corrected chi connectivity index (χ2v) is 19.9. The van der Waals surface area contributed by atoms with Crippen molar-refractivity contribution in [3.63, 3.8) is 0 Å². The Morgan fingerprint density at radius 2 is 1.31 bits per heavy atom. The summed E-state index contributed by atoms with van der Waals surface area (Å²) in [5.74, 6) is -9.61. The van der Waals surface area contributed by atoms with Gasteiger partial charge in [-0.1, -0.05) is 64.4 Å². The molecule has 0 aromatic heterocycles. The summed E-state index contributed by atoms with van der Waals surface area (Å²) in [5, 5.41) is 45.3. The van der Waals surface area contributed by atoms with E-state index in [1.807, 2.05) is 20.1 Å². The van der Waals surface area contributed by atoms with Gasteiger partial charge in [0.1, 0.15) is 48.3 Å². The van der Waals surface area contributed by atoms with Crippen LogP contribution in [0, 0.1) is 11.8 Å². The highest BCUT2D eigenvalue weighted by Gasteiger charge is 2.35. The summed E-state index contributed by atoms with van der Waals surface area (Å²) in [6, 6.07) is -2.74. The molecule has 0 unspecified atom stereocenters. The van der Waals surface area contributed by atoms with Crippen molar-refractivity contribution >= 4 is 76.8 Å². The summed E-state index contributed by atoms with van der Waals surface area (Å²) in [4.78, 5) is 145. The predicted octanol–water partition coefficient (Wildman–Crippen LogP) is -3.08. The molecule has 1 aliphatic heterocycles. The van der Waals surface area contributed by atoms with Gasteiger partial charge in [-0.3, -0.25) is 52.7 Å². The first-order valence-electron chi connectivity index (χ1n) is 25.3. The highest BCUT2D eigenvalue weighted by Crippen LogP contribution is 2.13. The zero-order valence-electron chi connectivity index (χ0n) is 43.8. The first kappa shape index (κ1) is 64.7. The van der Waals surface area contributed by atoms with Gasteiger partial charge in [0, 0.05) is 6.42 Å². The molecule has 1 aliphatic rings. The van der Waals surface area contributed by atoms with Gasteiger partial charge < -0.3 is 74.8 Å². The molecule has 25 nitrogen and oxygen atoms in total. The number of thioether (sulfide) groups is 1. The molecule has 1 aromatic carbocycles. The van der Waals surface area contributed by atoms with Crippen molar-refractivity contribution in [3.8, 4) is 0 Å². The lowest BCUT2D eigenvalue weighted by molar-refractivity contribution is -0.141. The number of amides is 10. The molecule has 10 atom stereocenters. The number of carboxylic acids is 1. The molecule has 10 amide bonds. The third-order valence-corrected chi connectivity index (χ3v) is 12.9. The van der Waals surface area contributed by atoms with Gasteiger partial charge in [0.2, 0.25) is 59.1 Å². The fourth-order valence-electron chi connectivity index (χ4n) is 7.78. The number of nitrogens with two attached hydrogens (primary N) is 2. The van der Waals surface area contributed by atoms with Crippen LogP contribution in [-0.2, 0) is 59.2 Å². The number of aliphatic hydroxyl groups excluding tert-OH is 1. The van der Waals surface area contributed by atoms with Gasteiger partial charge in [0.25, 0.3) is 0 Å². The van der Waals surface area contributed by atoms with E-state index in [1.165, 1.54) is 18.7 Å². The minimum atomic E-state index is -1.79. The standard InChI is InChI=1S/C49H80N12O13S/c1-7-28(4)40(49(74)53-25-38(63)55-34(22-27(2)3)46(71)56-31(41(51)66)18-21-75-6)61-47(72)35(23-30-14-9-8-10-15-30)58-42(67)29(5)54-45(70)36(24-39(64)65)59-44(69)33(16-11-12-19-50)57-48(73)37(26-62)60-43(68)32-17-13-20-52-32/h8-10,14-15,27-29,31-37,40,52,62H,7,11-13,16-26,50H2,1-6H3,(H2,51,66)(H,53,74)(H,54,70)(H,55,63)(H,56,71)(H,57,73)(H,58,67)(H,59,69)(H,60,68)(H,61,72)(H,64,65)/t28-,29-,31-,32-,33-,34-,35-,36-,37-,40-/m0/s1. The lowest BCUT2D eigenvalue weighted by atomic mass is 9.97. The minimum Gasteiger partial charge on any atom is -0.481 e. The fourth-order valence-corrected chi connectivity index (χ4v) is 8.25. The summed E-state index contributed by atoms with van der Waals surface area (Å²) >= 11 is 1.46. The second-order valence-electron chi connectivity index (χ2n) is 19.0. The largest absolute Gasteiger partial charge is 0.481 e. The number of hydrogen-bond acceptors (Lipinski definition) is 15. The third-order valence-electron chi connectivity index (χ3n) is 12.3. The Morgan fingerprint density at radius 1 is 0.707 bits per heavy atom. The number of carbonyl (C=O) groups excluding carboxylic acids is 10. The van der Waals surface area contributed by atoms with Crippen LogP contribution in [0.5, 0.6) is 0 Å². The smallest absolute Gasteiger partial charge is 0.305 e. The number of aliphatic hydroxyl groups is 1. The number of aliphatic carboxylic acids is 1. The fraction of sp³-hybridized carbons (Fsp3) is 0.653. The number of carboxylic acid groups (broad SMARTS) is 1. The molecule has 0 aliphatic carbocycles. The third kappa shape index (κ3) is 23.8. The highest BCUT2D eigenvalue weighted by atomic mass is 32.2. The molecule has 1 aromatic rings. The number of primary amides is 1. The van der Waals surface area contributed by atoms with Gasteiger partial charge in [-0.15, -0.1) is 0 Å². The Balaban J connectivity index is 2.25. The summed E-state index contributed by atoms with van der Waals surface area (Å²) in [5.41, 5.74) is 11.7. The maximum absolute atomic E-state index is 14.1. The Bertz CT molecular complexity index is 2080. The second kappa shape index (κ2) is 34.2. The Kier molecular flexibility index (Phi) is 29.6. The van der Waals surface area contributed by atoms with Crippen LogP contribution in [0.25, 0.3) is 0 Å². The SMILES string of the molecule is CC[C@H](C)[C@H](NC(=O)[C@H](Cc1ccccc1)NC(=O)[C@H](C)NC(=O)[C@H](CC(=O)O)NC(=O)[C@H](CCCCN)NC(=O)[C@H](CO)NC(=O)[C@@H]1CCCN1)C(=O)NCC(=O)N[C@@H](CC(C)C)C(=O)N[C@@H](CCSC)C(N)=O. The van der Waals surface area contributed by atoms with Crippen LogP contribution in [0.1, 0.15) is 98.0 Å². The van der Waals surface area contributed by atoms with Gasteiger partial charge in [0.15, 0.2) is 0 Å². The minimum absolute atomic E-state index is 0.0239. The molecular weight excluding hydrogens is 997 g/mol. The Hall–Kier alpha value is -6.38. The van der Waals surface area contributed by atoms with E-state index >= 15 is 0 Å². The molecule has 0 spiro atoms. The summed E-state index contributed by atoms with van der Waals surface area (Å²) in [6.45, 7) is 7.82. The zero-order chi connectivity index (χ0) is 56.2. The molecule has 420 valence electrons. The summed E-state index contributed by atoms with van der Waals surface area (Å²) < 4.78 is 0. The van der Waals surface area contributed by atoms with E-state index in [-0.39, 0.29) is 38.1 Å². The van der Waals surface area contributed by atoms with E-state index in [9.17, 15) is 63.0 Å². The predicted molar refractivity (Wildman–Crippen MR) is 279 cm³/mol. The number of unbranched alkanes of at least 4 members (excludes halogenated alkanes) is 1. The lowest BCUT2D eigenvalue weighted by Crippen LogP contribution is -2.60. The van der Waals surface area contributed by atoms with E-state index in [4.69, 9.17) is 11.5 Å². The van der Waals surface area contributed by atoms with Crippen molar-refractivity contribution in [2.75, 3.05) is 38.2 Å². The summed E-state index contributed by atoms with van der Waals surface area (Å²) in [6.07, 6.45) is 3.61. The quantitative estimate of drug-likeness (QED) is 0.0300. The van der Waals surface area contributed by atoms with Crippen LogP contribution in [-0.4, -0.2) is 168 Å². The monoisotopic (exact) mass is 1080 g/mol. The van der Waals surface area contributed by atoms with Crippen LogP contribution in [0.2, 0.25) is 0 Å². The van der Waals surface area contributed by atoms with Crippen molar-refractivity contribution in [1.29, 1.82) is 0 Å². The van der Waals surface area contributed by atoms with E-state index in [0.29, 0.717) is 43.5 Å². The molecule has 75 heavy (non-hydrogen) atoms. The van der Waals surface area contributed by atoms with Crippen LogP contribution in [0.4, 0.5) is 0 Å². The van der Waals surface area contributed by atoms with Gasteiger partial charge in [0.05, 0.1) is 25.6 Å². The van der Waals surface area contributed by atoms with Gasteiger partial charge >= 0.3 is 5.97 Å². The molecule has 26 heteroatoms. The zero-order valence-corrected chi connectivity index (χ0v) is 44.6. The molecule has 0 radical (unpaired) electrons. The molecule has 16 N–H and O–H groups in total. The average Bonchev–Trinajstić information content (AvgIpc) is 3.92. The molecule has 1 saturated heterocycles. The molecule has 0 bridgehead atoms. The Morgan fingerprint density at radius 3 is 1.88 bits per heavy atom. The van der Waals surface area contributed by atoms with Gasteiger partial charge in [-0.25, -0.2) is 0 Å². The molecule has 1 heterocycles. The van der Waals surface area contributed by atoms with Crippen molar-refractivity contribution in [1.82, 2.24) is 53.2 Å². The topological polar surface area (TPSA) is 401 Å². The molecular formula is C49H80N12O13S. The van der Waals surface area contributed by atoms with E-state index in [0.717, 1.165) is 6.42 Å². The number of hydrogen-bond donors (Lipinski definition) is 14. The van der Waals surface area contributed by atoms with Crippen LogP contribution < -0.4 is 64.6 Å². The normalized spacial score (nSPS) is 16.7. The first-order chi connectivity index (χ1) is 35.5. The van der Waals surface area contributed by atoms with Gasteiger partial charge in [-0.05, 0) is 94.4 Å². The Labute approximate surface area is 442 Å². The highest BCUT2D eigenvalue weighted by molar-refractivity contribution is 7.98. The van der Waals surface area contributed by atoms with Crippen LogP contribution >= 0.6 is 11.8 Å². The van der Waals surface area contributed by atoms with Crippen LogP contribution in [0.15, 0.2) is 30.3 Å². The maximum atomic E-state index is 14.1. The number of carbonyl (C=O) groups is 11. The van der Waals surface area contributed by atoms with Crippen molar-refractivity contribution in [2.45, 2.75) is 153 Å². The molecule has 2 rings (SSSR count). The summed E-state index contributed by atoms with van der Waals surface area (Å²) in [7, 11) is 0. The number of benzene rings is 1. The number of nitrogens with one attached hydrogen (secondary N) is 10. The average molecular weight is 1080 g/mol. The van der Waals surface area contributed by atoms with Crippen molar-refractivity contribution < 1.29 is 63.0 Å². The van der Waals surface area contributed by atoms with Gasteiger partial charge in [-0.2, -0.15) is 11.8 Å². The van der Waals surface area contributed by atoms with Crippen molar-refractivity contribution in [2.24, 2.45) is 23.3 Å². The lowest BCUT2D eigenvalue weighted by Gasteiger charge is -2.28. The van der Waals surface area contributed by atoms with E-state index < -0.39 is 145 Å². The number of rotatable bonds is 35.